The van der Waals surface area contributed by atoms with Crippen LogP contribution >= 0.6 is 23.7 Å². The Kier molecular flexibility index (Phi) is 7.17. The molecule has 0 radical (unpaired) electrons. The molecule has 2 N–H and O–H groups in total. The quantitative estimate of drug-likeness (QED) is 0.822. The molecule has 1 aliphatic heterocycles. The van der Waals surface area contributed by atoms with Crippen LogP contribution in [-0.4, -0.2) is 36.7 Å². The van der Waals surface area contributed by atoms with Gasteiger partial charge in [0.25, 0.3) is 0 Å². The molecule has 1 aromatic heterocycles. The SMILES string of the molecule is Cc1ccc(-c2csc(NC(=O)CNCC3CCCO3)n2)cc1.Cl. The summed E-state index contributed by atoms with van der Waals surface area (Å²) in [6.07, 6.45) is 2.43. The minimum atomic E-state index is -0.0761. The number of hydrogen-bond acceptors (Lipinski definition) is 5. The van der Waals surface area contributed by atoms with Gasteiger partial charge in [-0.05, 0) is 19.8 Å². The molecule has 130 valence electrons. The van der Waals surface area contributed by atoms with Gasteiger partial charge in [0.2, 0.25) is 5.91 Å². The number of hydrogen-bond donors (Lipinski definition) is 2. The van der Waals surface area contributed by atoms with Crippen molar-refractivity contribution >= 4 is 34.8 Å². The van der Waals surface area contributed by atoms with E-state index in [4.69, 9.17) is 4.74 Å². The molecule has 2 aromatic rings. The molecule has 1 atom stereocenters. The maximum Gasteiger partial charge on any atom is 0.240 e. The van der Waals surface area contributed by atoms with Gasteiger partial charge in [-0.25, -0.2) is 4.98 Å². The molecule has 0 spiro atoms. The van der Waals surface area contributed by atoms with Crippen molar-refractivity contribution in [2.75, 3.05) is 25.0 Å². The Morgan fingerprint density at radius 1 is 1.38 bits per heavy atom. The third-order valence-electron chi connectivity index (χ3n) is 3.78. The second-order valence-corrected chi connectivity index (χ2v) is 6.58. The van der Waals surface area contributed by atoms with Crippen LogP contribution in [0.1, 0.15) is 18.4 Å². The van der Waals surface area contributed by atoms with E-state index in [-0.39, 0.29) is 31.0 Å². The van der Waals surface area contributed by atoms with Crippen LogP contribution in [0.25, 0.3) is 11.3 Å². The lowest BCUT2D eigenvalue weighted by atomic mass is 10.1. The Bertz CT molecular complexity index is 654. The number of nitrogens with zero attached hydrogens (tertiary/aromatic N) is 1. The van der Waals surface area contributed by atoms with E-state index >= 15 is 0 Å². The van der Waals surface area contributed by atoms with Gasteiger partial charge < -0.3 is 15.4 Å². The Hall–Kier alpha value is -1.47. The number of thiazole rings is 1. The third kappa shape index (κ3) is 5.27. The summed E-state index contributed by atoms with van der Waals surface area (Å²) >= 11 is 1.44. The molecular weight excluding hydrogens is 346 g/mol. The van der Waals surface area contributed by atoms with Crippen LogP contribution in [0.2, 0.25) is 0 Å². The third-order valence-corrected chi connectivity index (χ3v) is 4.54. The first-order chi connectivity index (χ1) is 11.2. The normalized spacial score (nSPS) is 16.6. The second kappa shape index (κ2) is 9.13. The summed E-state index contributed by atoms with van der Waals surface area (Å²) in [7, 11) is 0. The molecule has 1 fully saturated rings. The van der Waals surface area contributed by atoms with Crippen LogP contribution in [0.3, 0.4) is 0 Å². The van der Waals surface area contributed by atoms with Crippen LogP contribution in [0.4, 0.5) is 5.13 Å². The zero-order valence-corrected chi connectivity index (χ0v) is 15.2. The van der Waals surface area contributed by atoms with Crippen molar-refractivity contribution in [3.05, 3.63) is 35.2 Å². The number of amides is 1. The molecule has 24 heavy (non-hydrogen) atoms. The van der Waals surface area contributed by atoms with E-state index < -0.39 is 0 Å². The van der Waals surface area contributed by atoms with E-state index in [1.54, 1.807) is 0 Å². The van der Waals surface area contributed by atoms with E-state index in [0.29, 0.717) is 5.13 Å². The van der Waals surface area contributed by atoms with Crippen LogP contribution in [0.5, 0.6) is 0 Å². The Balaban J connectivity index is 0.00000208. The van der Waals surface area contributed by atoms with E-state index in [9.17, 15) is 4.79 Å². The van der Waals surface area contributed by atoms with Crippen molar-refractivity contribution in [3.63, 3.8) is 0 Å². The van der Waals surface area contributed by atoms with Crippen molar-refractivity contribution in [2.24, 2.45) is 0 Å². The summed E-state index contributed by atoms with van der Waals surface area (Å²) in [5.41, 5.74) is 3.16. The average Bonchev–Trinajstić information content (AvgIpc) is 3.20. The molecule has 2 heterocycles. The highest BCUT2D eigenvalue weighted by atomic mass is 35.5. The zero-order chi connectivity index (χ0) is 16.1. The van der Waals surface area contributed by atoms with Crippen LogP contribution in [-0.2, 0) is 9.53 Å². The van der Waals surface area contributed by atoms with Crippen molar-refractivity contribution in [1.82, 2.24) is 10.3 Å². The molecule has 3 rings (SSSR count). The Morgan fingerprint density at radius 3 is 2.88 bits per heavy atom. The lowest BCUT2D eigenvalue weighted by molar-refractivity contribution is -0.115. The molecule has 0 saturated carbocycles. The van der Waals surface area contributed by atoms with Crippen LogP contribution in [0.15, 0.2) is 29.6 Å². The molecule has 5 nitrogen and oxygen atoms in total. The van der Waals surface area contributed by atoms with Gasteiger partial charge in [-0.3, -0.25) is 4.79 Å². The number of carbonyl (C=O) groups excluding carboxylic acids is 1. The fraction of sp³-hybridized carbons (Fsp3) is 0.412. The number of carbonyl (C=O) groups is 1. The first-order valence-electron chi connectivity index (χ1n) is 7.85. The maximum absolute atomic E-state index is 11.9. The first-order valence-corrected chi connectivity index (χ1v) is 8.73. The molecule has 1 unspecified atom stereocenters. The zero-order valence-electron chi connectivity index (χ0n) is 13.6. The van der Waals surface area contributed by atoms with Gasteiger partial charge in [-0.1, -0.05) is 29.8 Å². The lowest BCUT2D eigenvalue weighted by Crippen LogP contribution is -2.33. The molecule has 0 bridgehead atoms. The lowest BCUT2D eigenvalue weighted by Gasteiger charge is -2.10. The van der Waals surface area contributed by atoms with Gasteiger partial charge in [-0.2, -0.15) is 0 Å². The van der Waals surface area contributed by atoms with Gasteiger partial charge >= 0.3 is 0 Å². The number of aryl methyl sites for hydroxylation is 1. The molecule has 1 aliphatic rings. The van der Waals surface area contributed by atoms with E-state index in [0.717, 1.165) is 37.3 Å². The molecule has 7 heteroatoms. The molecule has 1 saturated heterocycles. The maximum atomic E-state index is 11.9. The molecule has 0 aliphatic carbocycles. The van der Waals surface area contributed by atoms with Gasteiger partial charge in [0.15, 0.2) is 5.13 Å². The average molecular weight is 368 g/mol. The largest absolute Gasteiger partial charge is 0.377 e. The fourth-order valence-corrected chi connectivity index (χ4v) is 3.24. The smallest absolute Gasteiger partial charge is 0.240 e. The summed E-state index contributed by atoms with van der Waals surface area (Å²) < 4.78 is 5.51. The summed E-state index contributed by atoms with van der Waals surface area (Å²) in [5, 5.41) is 8.55. The van der Waals surface area contributed by atoms with Crippen LogP contribution in [0, 0.1) is 6.92 Å². The molecular formula is C17H22ClN3O2S. The number of aromatic nitrogens is 1. The highest BCUT2D eigenvalue weighted by Gasteiger charge is 2.15. The molecule has 1 amide bonds. The number of nitrogens with one attached hydrogen (secondary N) is 2. The van der Waals surface area contributed by atoms with Crippen molar-refractivity contribution in [2.45, 2.75) is 25.9 Å². The van der Waals surface area contributed by atoms with Gasteiger partial charge in [-0.15, -0.1) is 23.7 Å². The minimum absolute atomic E-state index is 0. The number of halogens is 1. The first kappa shape index (κ1) is 18.9. The predicted octanol–water partition coefficient (Wildman–Crippen LogP) is 3.25. The van der Waals surface area contributed by atoms with E-state index in [2.05, 4.69) is 34.7 Å². The minimum Gasteiger partial charge on any atom is -0.377 e. The molecule has 1 aromatic carbocycles. The van der Waals surface area contributed by atoms with E-state index in [1.165, 1.54) is 16.9 Å². The standard InChI is InChI=1S/C17H21N3O2S.ClH/c1-12-4-6-13(7-5-12)15-11-23-17(19-15)20-16(21)10-18-9-14-3-2-8-22-14;/h4-7,11,14,18H,2-3,8-10H2,1H3,(H,19,20,21);1H. The Labute approximate surface area is 152 Å². The summed E-state index contributed by atoms with van der Waals surface area (Å²) in [6.45, 7) is 3.89. The highest BCUT2D eigenvalue weighted by Crippen LogP contribution is 2.24. The highest BCUT2D eigenvalue weighted by molar-refractivity contribution is 7.14. The van der Waals surface area contributed by atoms with Crippen molar-refractivity contribution in [1.29, 1.82) is 0 Å². The predicted molar refractivity (Wildman–Crippen MR) is 100 cm³/mol. The summed E-state index contributed by atoms with van der Waals surface area (Å²) in [6, 6.07) is 8.20. The van der Waals surface area contributed by atoms with Gasteiger partial charge in [0, 0.05) is 24.1 Å². The number of benzene rings is 1. The van der Waals surface area contributed by atoms with Crippen molar-refractivity contribution in [3.8, 4) is 11.3 Å². The number of ether oxygens (including phenoxy) is 1. The van der Waals surface area contributed by atoms with Crippen molar-refractivity contribution < 1.29 is 9.53 Å². The Morgan fingerprint density at radius 2 is 2.17 bits per heavy atom. The van der Waals surface area contributed by atoms with Crippen LogP contribution < -0.4 is 10.6 Å². The fourth-order valence-electron chi connectivity index (χ4n) is 2.50. The van der Waals surface area contributed by atoms with E-state index in [1.807, 2.05) is 17.5 Å². The monoisotopic (exact) mass is 367 g/mol. The second-order valence-electron chi connectivity index (χ2n) is 5.72. The number of rotatable bonds is 6. The summed E-state index contributed by atoms with van der Waals surface area (Å²) in [5.74, 6) is -0.0761. The van der Waals surface area contributed by atoms with Gasteiger partial charge in [0.1, 0.15) is 0 Å². The topological polar surface area (TPSA) is 63.2 Å². The summed E-state index contributed by atoms with van der Waals surface area (Å²) in [4.78, 5) is 16.4. The number of anilines is 1. The van der Waals surface area contributed by atoms with Gasteiger partial charge in [0.05, 0.1) is 18.3 Å².